The van der Waals surface area contributed by atoms with E-state index in [4.69, 9.17) is 4.99 Å². The van der Waals surface area contributed by atoms with E-state index in [1.54, 1.807) is 0 Å². The first-order chi connectivity index (χ1) is 10.3. The van der Waals surface area contributed by atoms with Gasteiger partial charge in [0.1, 0.15) is 0 Å². The zero-order chi connectivity index (χ0) is 14.9. The molecular weight excluding hydrogens is 280 g/mol. The van der Waals surface area contributed by atoms with Gasteiger partial charge in [-0.25, -0.2) is 0 Å². The van der Waals surface area contributed by atoms with E-state index >= 15 is 0 Å². The quantitative estimate of drug-likeness (QED) is 0.627. The van der Waals surface area contributed by atoms with Crippen molar-refractivity contribution in [3.05, 3.63) is 22.4 Å². The van der Waals surface area contributed by atoms with Crippen LogP contribution in [0.2, 0.25) is 0 Å². The minimum absolute atomic E-state index is 0.686. The molecule has 1 unspecified atom stereocenters. The van der Waals surface area contributed by atoms with Crippen LogP contribution in [0.4, 0.5) is 0 Å². The Hall–Kier alpha value is -1.07. The van der Waals surface area contributed by atoms with Gasteiger partial charge in [-0.2, -0.15) is 0 Å². The Kier molecular flexibility index (Phi) is 7.03. The van der Waals surface area contributed by atoms with E-state index in [1.807, 2.05) is 11.3 Å². The van der Waals surface area contributed by atoms with Crippen LogP contribution in [0.25, 0.3) is 0 Å². The summed E-state index contributed by atoms with van der Waals surface area (Å²) in [6.45, 7) is 10.5. The van der Waals surface area contributed by atoms with E-state index in [2.05, 4.69) is 46.9 Å². The van der Waals surface area contributed by atoms with Gasteiger partial charge in [0.2, 0.25) is 0 Å². The maximum absolute atomic E-state index is 4.73. The van der Waals surface area contributed by atoms with Crippen molar-refractivity contribution in [3.63, 3.8) is 0 Å². The minimum atomic E-state index is 0.686. The maximum Gasteiger partial charge on any atom is 0.191 e. The standard InChI is InChI=1S/C16H28N4S/c1-3-17-16(18-4-2)19-11-14-7-5-9-20(12-14)13-15-8-6-10-21-15/h6,8,10,14H,3-5,7,9,11-13H2,1-2H3,(H2,17,18,19). The molecule has 118 valence electrons. The Morgan fingerprint density at radius 3 is 2.86 bits per heavy atom. The van der Waals surface area contributed by atoms with Gasteiger partial charge >= 0.3 is 0 Å². The lowest BCUT2D eigenvalue weighted by Crippen LogP contribution is -2.39. The van der Waals surface area contributed by atoms with E-state index in [9.17, 15) is 0 Å². The summed E-state index contributed by atoms with van der Waals surface area (Å²) in [4.78, 5) is 8.78. The Morgan fingerprint density at radius 2 is 2.19 bits per heavy atom. The van der Waals surface area contributed by atoms with Crippen LogP contribution < -0.4 is 10.6 Å². The molecular formula is C16H28N4S. The van der Waals surface area contributed by atoms with Gasteiger partial charge in [-0.3, -0.25) is 9.89 Å². The summed E-state index contributed by atoms with van der Waals surface area (Å²) in [7, 11) is 0. The zero-order valence-corrected chi connectivity index (χ0v) is 14.1. The Balaban J connectivity index is 1.81. The maximum atomic E-state index is 4.73. The number of rotatable bonds is 6. The number of likely N-dealkylation sites (tertiary alicyclic amines) is 1. The predicted octanol–water partition coefficient (Wildman–Crippen LogP) is 2.54. The normalized spacial score (nSPS) is 19.2. The van der Waals surface area contributed by atoms with E-state index < -0.39 is 0 Å². The fourth-order valence-electron chi connectivity index (χ4n) is 2.80. The number of piperidine rings is 1. The van der Waals surface area contributed by atoms with E-state index in [1.165, 1.54) is 30.8 Å². The van der Waals surface area contributed by atoms with Gasteiger partial charge in [-0.1, -0.05) is 6.07 Å². The molecule has 2 N–H and O–H groups in total. The Labute approximate surface area is 132 Å². The fraction of sp³-hybridized carbons (Fsp3) is 0.688. The van der Waals surface area contributed by atoms with Gasteiger partial charge < -0.3 is 10.6 Å². The Morgan fingerprint density at radius 1 is 1.38 bits per heavy atom. The number of thiophene rings is 1. The third-order valence-corrected chi connectivity index (χ3v) is 4.62. The topological polar surface area (TPSA) is 39.7 Å². The van der Waals surface area contributed by atoms with Crippen LogP contribution in [-0.4, -0.2) is 43.6 Å². The molecule has 0 spiro atoms. The fourth-order valence-corrected chi connectivity index (χ4v) is 3.54. The number of guanidine groups is 1. The highest BCUT2D eigenvalue weighted by molar-refractivity contribution is 7.09. The molecule has 1 aliphatic rings. The lowest BCUT2D eigenvalue weighted by atomic mass is 9.98. The molecule has 0 bridgehead atoms. The number of hydrogen-bond acceptors (Lipinski definition) is 3. The highest BCUT2D eigenvalue weighted by Crippen LogP contribution is 2.20. The highest BCUT2D eigenvalue weighted by Gasteiger charge is 2.20. The van der Waals surface area contributed by atoms with Crippen LogP contribution >= 0.6 is 11.3 Å². The van der Waals surface area contributed by atoms with Crippen molar-refractivity contribution < 1.29 is 0 Å². The van der Waals surface area contributed by atoms with Crippen molar-refractivity contribution in [2.45, 2.75) is 33.2 Å². The average molecular weight is 308 g/mol. The molecule has 1 saturated heterocycles. The highest BCUT2D eigenvalue weighted by atomic mass is 32.1. The third kappa shape index (κ3) is 5.67. The lowest BCUT2D eigenvalue weighted by molar-refractivity contribution is 0.172. The van der Waals surface area contributed by atoms with Crippen molar-refractivity contribution in [3.8, 4) is 0 Å². The second kappa shape index (κ2) is 9.05. The van der Waals surface area contributed by atoms with Crippen molar-refractivity contribution >= 4 is 17.3 Å². The molecule has 1 fully saturated rings. The number of nitrogens with zero attached hydrogens (tertiary/aromatic N) is 2. The van der Waals surface area contributed by atoms with Crippen LogP contribution in [-0.2, 0) is 6.54 Å². The first kappa shape index (κ1) is 16.3. The first-order valence-electron chi connectivity index (χ1n) is 8.08. The van der Waals surface area contributed by atoms with Gasteiger partial charge in [0, 0.05) is 37.6 Å². The van der Waals surface area contributed by atoms with Crippen LogP contribution in [0.5, 0.6) is 0 Å². The third-order valence-electron chi connectivity index (χ3n) is 3.76. The number of aliphatic imine (C=N–C) groups is 1. The van der Waals surface area contributed by atoms with Crippen molar-refractivity contribution in [2.75, 3.05) is 32.7 Å². The van der Waals surface area contributed by atoms with Gasteiger partial charge in [0.25, 0.3) is 0 Å². The second-order valence-corrected chi connectivity index (χ2v) is 6.60. The van der Waals surface area contributed by atoms with Crippen molar-refractivity contribution in [1.82, 2.24) is 15.5 Å². The number of nitrogens with one attached hydrogen (secondary N) is 2. The summed E-state index contributed by atoms with van der Waals surface area (Å²) in [5, 5.41) is 8.76. The molecule has 4 nitrogen and oxygen atoms in total. The van der Waals surface area contributed by atoms with Gasteiger partial charge in [0.05, 0.1) is 0 Å². The van der Waals surface area contributed by atoms with Gasteiger partial charge in [-0.15, -0.1) is 11.3 Å². The predicted molar refractivity (Wildman–Crippen MR) is 92.0 cm³/mol. The van der Waals surface area contributed by atoms with E-state index in [-0.39, 0.29) is 0 Å². The summed E-state index contributed by atoms with van der Waals surface area (Å²) < 4.78 is 0. The summed E-state index contributed by atoms with van der Waals surface area (Å²) >= 11 is 1.86. The van der Waals surface area contributed by atoms with E-state index in [0.29, 0.717) is 5.92 Å². The molecule has 5 heteroatoms. The molecule has 1 atom stereocenters. The molecule has 0 saturated carbocycles. The number of hydrogen-bond donors (Lipinski definition) is 2. The Bertz CT molecular complexity index is 408. The van der Waals surface area contributed by atoms with Crippen LogP contribution in [0.15, 0.2) is 22.5 Å². The summed E-state index contributed by atoms with van der Waals surface area (Å²) in [5.41, 5.74) is 0. The molecule has 21 heavy (non-hydrogen) atoms. The molecule has 2 rings (SSSR count). The summed E-state index contributed by atoms with van der Waals surface area (Å²) in [6.07, 6.45) is 2.60. The first-order valence-corrected chi connectivity index (χ1v) is 8.96. The second-order valence-electron chi connectivity index (χ2n) is 5.57. The van der Waals surface area contributed by atoms with Crippen LogP contribution in [0.1, 0.15) is 31.6 Å². The monoisotopic (exact) mass is 308 g/mol. The minimum Gasteiger partial charge on any atom is -0.357 e. The molecule has 0 radical (unpaired) electrons. The molecule has 2 heterocycles. The summed E-state index contributed by atoms with van der Waals surface area (Å²) in [5.74, 6) is 1.64. The zero-order valence-electron chi connectivity index (χ0n) is 13.3. The SMILES string of the molecule is CCNC(=NCC1CCCN(Cc2cccs2)C1)NCC. The van der Waals surface area contributed by atoms with Crippen LogP contribution in [0.3, 0.4) is 0 Å². The molecule has 1 aromatic rings. The summed E-state index contributed by atoms with van der Waals surface area (Å²) in [6, 6.07) is 4.38. The van der Waals surface area contributed by atoms with Gasteiger partial charge in [-0.05, 0) is 50.6 Å². The van der Waals surface area contributed by atoms with Crippen LogP contribution in [0, 0.1) is 5.92 Å². The van der Waals surface area contributed by atoms with E-state index in [0.717, 1.165) is 32.1 Å². The van der Waals surface area contributed by atoms with Gasteiger partial charge in [0.15, 0.2) is 5.96 Å². The average Bonchev–Trinajstić information content (AvgIpc) is 2.99. The molecule has 0 amide bonds. The largest absolute Gasteiger partial charge is 0.357 e. The molecule has 0 aromatic carbocycles. The molecule has 1 aliphatic heterocycles. The lowest BCUT2D eigenvalue weighted by Gasteiger charge is -2.31. The molecule has 0 aliphatic carbocycles. The van der Waals surface area contributed by atoms with Crippen molar-refractivity contribution in [2.24, 2.45) is 10.9 Å². The van der Waals surface area contributed by atoms with Crippen molar-refractivity contribution in [1.29, 1.82) is 0 Å². The smallest absolute Gasteiger partial charge is 0.191 e. The molecule has 1 aromatic heterocycles.